The summed E-state index contributed by atoms with van der Waals surface area (Å²) in [4.78, 5) is 28.2. The molecule has 0 bridgehead atoms. The van der Waals surface area contributed by atoms with Crippen LogP contribution in [0.25, 0.3) is 0 Å². The average molecular weight is 417 g/mol. The van der Waals surface area contributed by atoms with E-state index in [-0.39, 0.29) is 22.6 Å². The number of benzene rings is 1. The normalized spacial score (nSPS) is 17.6. The number of hydrogen-bond acceptors (Lipinski definition) is 5. The lowest BCUT2D eigenvalue weighted by Gasteiger charge is -2.34. The van der Waals surface area contributed by atoms with Gasteiger partial charge in [0.15, 0.2) is 0 Å². The minimum atomic E-state index is -0.370. The Labute approximate surface area is 180 Å². The predicted molar refractivity (Wildman–Crippen MR) is 120 cm³/mol. The van der Waals surface area contributed by atoms with E-state index >= 15 is 0 Å². The number of carbonyl (C=O) groups is 1. The molecule has 166 valence electrons. The average Bonchev–Trinajstić information content (AvgIpc) is 3.54. The maximum absolute atomic E-state index is 12.2. The Balaban J connectivity index is 1.57. The number of piperidine rings is 1. The lowest BCUT2D eigenvalue weighted by atomic mass is 9.92. The number of nitrogens with one attached hydrogen (secondary N) is 1. The molecule has 1 saturated carbocycles. The Morgan fingerprint density at radius 3 is 2.50 bits per heavy atom. The van der Waals surface area contributed by atoms with E-state index in [4.69, 9.17) is 0 Å². The summed E-state index contributed by atoms with van der Waals surface area (Å²) in [6, 6.07) is 4.84. The molecule has 1 N–H and O–H groups in total. The summed E-state index contributed by atoms with van der Waals surface area (Å²) in [5.41, 5.74) is 0.985. The first-order chi connectivity index (χ1) is 14.4. The molecule has 0 spiro atoms. The van der Waals surface area contributed by atoms with Crippen LogP contribution >= 0.6 is 0 Å². The summed E-state index contributed by atoms with van der Waals surface area (Å²) >= 11 is 0. The van der Waals surface area contributed by atoms with Crippen LogP contribution in [0.2, 0.25) is 0 Å². The van der Waals surface area contributed by atoms with Gasteiger partial charge in [0, 0.05) is 37.3 Å². The quantitative estimate of drug-likeness (QED) is 0.459. The monoisotopic (exact) mass is 416 g/mol. The van der Waals surface area contributed by atoms with E-state index in [2.05, 4.69) is 22.0 Å². The highest BCUT2D eigenvalue weighted by Gasteiger charge is 2.27. The smallest absolute Gasteiger partial charge is 0.293 e. The Morgan fingerprint density at radius 1 is 1.23 bits per heavy atom. The maximum atomic E-state index is 12.2. The molecule has 1 aliphatic carbocycles. The minimum absolute atomic E-state index is 0.0110. The first-order valence-corrected chi connectivity index (χ1v) is 11.4. The fourth-order valence-corrected chi connectivity index (χ4v) is 4.30. The molecule has 7 nitrogen and oxygen atoms in total. The van der Waals surface area contributed by atoms with Gasteiger partial charge >= 0.3 is 0 Å². The lowest BCUT2D eigenvalue weighted by Crippen LogP contribution is -2.36. The van der Waals surface area contributed by atoms with Gasteiger partial charge in [-0.25, -0.2) is 0 Å². The van der Waals surface area contributed by atoms with Gasteiger partial charge in [-0.2, -0.15) is 0 Å². The molecule has 0 radical (unpaired) electrons. The van der Waals surface area contributed by atoms with Crippen molar-refractivity contribution in [2.45, 2.75) is 58.9 Å². The summed E-state index contributed by atoms with van der Waals surface area (Å²) in [6.45, 7) is 11.2. The number of rotatable bonds is 10. The van der Waals surface area contributed by atoms with Crippen LogP contribution in [0.3, 0.4) is 0 Å². The van der Waals surface area contributed by atoms with Crippen molar-refractivity contribution in [3.63, 3.8) is 0 Å². The molecule has 2 aliphatic rings. The van der Waals surface area contributed by atoms with E-state index in [1.807, 2.05) is 13.8 Å². The summed E-state index contributed by atoms with van der Waals surface area (Å²) in [5, 5.41) is 14.5. The Hall–Kier alpha value is -2.15. The van der Waals surface area contributed by atoms with Crippen molar-refractivity contribution in [3.05, 3.63) is 33.9 Å². The molecule has 30 heavy (non-hydrogen) atoms. The highest BCUT2D eigenvalue weighted by Crippen LogP contribution is 2.34. The van der Waals surface area contributed by atoms with Crippen LogP contribution < -0.4 is 10.2 Å². The fraction of sp³-hybridized carbons (Fsp3) is 0.696. The largest absolute Gasteiger partial charge is 0.366 e. The highest BCUT2D eigenvalue weighted by atomic mass is 16.6. The van der Waals surface area contributed by atoms with Crippen LogP contribution in [-0.4, -0.2) is 54.5 Å². The molecule has 1 aromatic carbocycles. The molecular weight excluding hydrogens is 380 g/mol. The Kier molecular flexibility index (Phi) is 7.69. The second-order valence-corrected chi connectivity index (χ2v) is 9.14. The molecule has 1 aromatic rings. The predicted octanol–water partition coefficient (Wildman–Crippen LogP) is 4.07. The molecule has 1 saturated heterocycles. The second-order valence-electron chi connectivity index (χ2n) is 9.14. The van der Waals surface area contributed by atoms with Crippen molar-refractivity contribution in [1.29, 1.82) is 0 Å². The standard InChI is InChI=1S/C23H36N4O3/c1-4-25(16-19-5-6-19)12-9-18-10-13-26(14-11-18)21-8-7-20(15-22(21)27(29)30)23(28)24-17(2)3/h7-8,15,17-19H,4-6,9-14,16H2,1-3H3,(H,24,28). The molecule has 0 unspecified atom stereocenters. The van der Waals surface area contributed by atoms with Gasteiger partial charge in [-0.1, -0.05) is 6.92 Å². The van der Waals surface area contributed by atoms with Crippen molar-refractivity contribution >= 4 is 17.3 Å². The van der Waals surface area contributed by atoms with E-state index in [0.29, 0.717) is 17.2 Å². The molecule has 7 heteroatoms. The van der Waals surface area contributed by atoms with E-state index in [1.54, 1.807) is 12.1 Å². The van der Waals surface area contributed by atoms with Gasteiger partial charge in [0.25, 0.3) is 11.6 Å². The zero-order valence-corrected chi connectivity index (χ0v) is 18.6. The summed E-state index contributed by atoms with van der Waals surface area (Å²) in [7, 11) is 0. The van der Waals surface area contributed by atoms with Crippen LogP contribution in [0.4, 0.5) is 11.4 Å². The SMILES string of the molecule is CCN(CCC1CCN(c2ccc(C(=O)NC(C)C)cc2[N+](=O)[O-])CC1)CC1CC1. The zero-order valence-electron chi connectivity index (χ0n) is 18.6. The summed E-state index contributed by atoms with van der Waals surface area (Å²) < 4.78 is 0. The van der Waals surface area contributed by atoms with E-state index < -0.39 is 0 Å². The van der Waals surface area contributed by atoms with Crippen molar-refractivity contribution in [2.24, 2.45) is 11.8 Å². The topological polar surface area (TPSA) is 78.7 Å². The van der Waals surface area contributed by atoms with Gasteiger partial charge in [0.05, 0.1) is 4.92 Å². The number of nitro benzene ring substituents is 1. The van der Waals surface area contributed by atoms with Crippen LogP contribution in [0, 0.1) is 22.0 Å². The van der Waals surface area contributed by atoms with Gasteiger partial charge in [0.2, 0.25) is 0 Å². The zero-order chi connectivity index (χ0) is 21.7. The van der Waals surface area contributed by atoms with Crippen molar-refractivity contribution < 1.29 is 9.72 Å². The number of amides is 1. The third-order valence-electron chi connectivity index (χ3n) is 6.32. The molecule has 3 rings (SSSR count). The molecule has 0 atom stereocenters. The second kappa shape index (κ2) is 10.2. The Bertz CT molecular complexity index is 740. The number of hydrogen-bond donors (Lipinski definition) is 1. The number of carbonyl (C=O) groups excluding carboxylic acids is 1. The first kappa shape index (κ1) is 22.5. The third kappa shape index (κ3) is 6.17. The molecule has 0 aromatic heterocycles. The summed E-state index contributed by atoms with van der Waals surface area (Å²) in [6.07, 6.45) is 6.13. The first-order valence-electron chi connectivity index (χ1n) is 11.4. The maximum Gasteiger partial charge on any atom is 0.293 e. The Morgan fingerprint density at radius 2 is 1.93 bits per heavy atom. The van der Waals surface area contributed by atoms with Crippen molar-refractivity contribution in [1.82, 2.24) is 10.2 Å². The number of anilines is 1. The van der Waals surface area contributed by atoms with Crippen LogP contribution in [0.15, 0.2) is 18.2 Å². The van der Waals surface area contributed by atoms with Gasteiger partial charge in [0.1, 0.15) is 5.69 Å². The van der Waals surface area contributed by atoms with Crippen LogP contribution in [0.1, 0.15) is 63.2 Å². The van der Waals surface area contributed by atoms with Gasteiger partial charge in [-0.05, 0) is 83.0 Å². The lowest BCUT2D eigenvalue weighted by molar-refractivity contribution is -0.384. The number of nitro groups is 1. The van der Waals surface area contributed by atoms with Crippen molar-refractivity contribution in [2.75, 3.05) is 37.6 Å². The van der Waals surface area contributed by atoms with E-state index in [1.165, 1.54) is 31.9 Å². The minimum Gasteiger partial charge on any atom is -0.366 e. The molecular formula is C23H36N4O3. The molecule has 2 fully saturated rings. The van der Waals surface area contributed by atoms with Crippen LogP contribution in [0.5, 0.6) is 0 Å². The summed E-state index contributed by atoms with van der Waals surface area (Å²) in [5.74, 6) is 1.34. The van der Waals surface area contributed by atoms with Gasteiger partial charge in [-0.15, -0.1) is 0 Å². The molecule has 1 aliphatic heterocycles. The fourth-order valence-electron chi connectivity index (χ4n) is 4.30. The molecule has 1 heterocycles. The van der Waals surface area contributed by atoms with E-state index in [0.717, 1.165) is 44.9 Å². The van der Waals surface area contributed by atoms with Crippen molar-refractivity contribution in [3.8, 4) is 0 Å². The number of nitrogens with zero attached hydrogens (tertiary/aromatic N) is 3. The van der Waals surface area contributed by atoms with Gasteiger partial charge < -0.3 is 15.1 Å². The van der Waals surface area contributed by atoms with Gasteiger partial charge in [-0.3, -0.25) is 14.9 Å². The molecule has 1 amide bonds. The van der Waals surface area contributed by atoms with E-state index in [9.17, 15) is 14.9 Å². The third-order valence-corrected chi connectivity index (χ3v) is 6.32. The van der Waals surface area contributed by atoms with Crippen LogP contribution in [-0.2, 0) is 0 Å². The highest BCUT2D eigenvalue weighted by molar-refractivity contribution is 5.96.